The second kappa shape index (κ2) is 7.30. The van der Waals surface area contributed by atoms with Crippen LogP contribution >= 0.6 is 0 Å². The first-order valence-corrected chi connectivity index (χ1v) is 7.89. The Morgan fingerprint density at radius 3 is 2.57 bits per heavy atom. The number of hydrogen-bond acceptors (Lipinski definition) is 1. The summed E-state index contributed by atoms with van der Waals surface area (Å²) in [5, 5.41) is 3.34. The van der Waals surface area contributed by atoms with Gasteiger partial charge in [0.25, 0.3) is 0 Å². The maximum Gasteiger partial charge on any atom is 0.416 e. The van der Waals surface area contributed by atoms with Gasteiger partial charge in [-0.1, -0.05) is 44.4 Å². The highest BCUT2D eigenvalue weighted by atomic mass is 19.4. The largest absolute Gasteiger partial charge is 0.416 e. The van der Waals surface area contributed by atoms with Crippen molar-refractivity contribution in [2.45, 2.75) is 64.2 Å². The molecule has 1 fully saturated rings. The number of halogens is 3. The van der Waals surface area contributed by atoms with E-state index in [0.29, 0.717) is 18.2 Å². The zero-order chi connectivity index (χ0) is 15.3. The normalized spacial score (nSPS) is 23.8. The lowest BCUT2D eigenvalue weighted by atomic mass is 9.98. The van der Waals surface area contributed by atoms with Crippen molar-refractivity contribution in [2.75, 3.05) is 0 Å². The molecule has 2 rings (SSSR count). The van der Waals surface area contributed by atoms with Crippen LogP contribution in [0.15, 0.2) is 24.3 Å². The monoisotopic (exact) mass is 299 g/mol. The van der Waals surface area contributed by atoms with Gasteiger partial charge < -0.3 is 5.32 Å². The summed E-state index contributed by atoms with van der Waals surface area (Å²) in [6, 6.07) is 6.21. The van der Waals surface area contributed by atoms with E-state index in [1.54, 1.807) is 12.1 Å². The van der Waals surface area contributed by atoms with Gasteiger partial charge in [0, 0.05) is 12.6 Å². The van der Waals surface area contributed by atoms with Crippen LogP contribution in [0.2, 0.25) is 0 Å². The van der Waals surface area contributed by atoms with Gasteiger partial charge >= 0.3 is 6.18 Å². The molecule has 2 atom stereocenters. The molecule has 0 bridgehead atoms. The lowest BCUT2D eigenvalue weighted by molar-refractivity contribution is -0.138. The molecule has 0 saturated heterocycles. The third kappa shape index (κ3) is 4.73. The van der Waals surface area contributed by atoms with Crippen LogP contribution in [-0.2, 0) is 12.7 Å². The Morgan fingerprint density at radius 1 is 1.10 bits per heavy atom. The number of nitrogens with one attached hydrogen (secondary N) is 1. The van der Waals surface area contributed by atoms with Crippen LogP contribution in [0.1, 0.15) is 56.6 Å². The van der Waals surface area contributed by atoms with Gasteiger partial charge in [0.15, 0.2) is 0 Å². The lowest BCUT2D eigenvalue weighted by Crippen LogP contribution is -2.29. The van der Waals surface area contributed by atoms with E-state index < -0.39 is 11.7 Å². The Kier molecular flexibility index (Phi) is 5.68. The Morgan fingerprint density at radius 2 is 1.86 bits per heavy atom. The maximum absolute atomic E-state index is 12.9. The summed E-state index contributed by atoms with van der Waals surface area (Å²) in [4.78, 5) is 0. The lowest BCUT2D eigenvalue weighted by Gasteiger charge is -2.19. The van der Waals surface area contributed by atoms with Crippen molar-refractivity contribution in [1.82, 2.24) is 5.32 Å². The minimum atomic E-state index is -4.27. The molecular weight excluding hydrogens is 275 g/mol. The molecule has 1 saturated carbocycles. The van der Waals surface area contributed by atoms with E-state index in [0.717, 1.165) is 24.8 Å². The van der Waals surface area contributed by atoms with Gasteiger partial charge in [-0.2, -0.15) is 13.2 Å². The van der Waals surface area contributed by atoms with Gasteiger partial charge in [0.1, 0.15) is 0 Å². The fourth-order valence-electron chi connectivity index (χ4n) is 3.20. The molecule has 21 heavy (non-hydrogen) atoms. The number of hydrogen-bond donors (Lipinski definition) is 1. The average molecular weight is 299 g/mol. The summed E-state index contributed by atoms with van der Waals surface area (Å²) < 4.78 is 38.8. The number of rotatable bonds is 4. The molecule has 1 aromatic carbocycles. The molecule has 1 aliphatic rings. The molecule has 1 aliphatic carbocycles. The smallest absolute Gasteiger partial charge is 0.310 e. The van der Waals surface area contributed by atoms with Crippen molar-refractivity contribution in [3.8, 4) is 0 Å². The van der Waals surface area contributed by atoms with E-state index in [1.165, 1.54) is 31.7 Å². The highest BCUT2D eigenvalue weighted by Crippen LogP contribution is 2.32. The molecule has 0 heterocycles. The van der Waals surface area contributed by atoms with Crippen LogP contribution in [0, 0.1) is 5.92 Å². The van der Waals surface area contributed by atoms with Crippen molar-refractivity contribution in [1.29, 1.82) is 0 Å². The molecular formula is C17H24F3N. The topological polar surface area (TPSA) is 12.0 Å². The Bertz CT molecular complexity index is 442. The molecule has 0 spiro atoms. The predicted octanol–water partition coefficient (Wildman–Crippen LogP) is 5.15. The molecule has 1 aromatic rings. The van der Waals surface area contributed by atoms with E-state index in [2.05, 4.69) is 12.2 Å². The molecule has 4 heteroatoms. The molecule has 0 aliphatic heterocycles. The number of alkyl halides is 3. The molecule has 0 radical (unpaired) electrons. The van der Waals surface area contributed by atoms with Gasteiger partial charge in [-0.05, 0) is 36.8 Å². The summed E-state index contributed by atoms with van der Waals surface area (Å²) in [6.07, 6.45) is 2.72. The minimum Gasteiger partial charge on any atom is -0.310 e. The second-order valence-corrected chi connectivity index (χ2v) is 6.02. The minimum absolute atomic E-state index is 0.303. The van der Waals surface area contributed by atoms with E-state index >= 15 is 0 Å². The Balaban J connectivity index is 1.94. The summed E-state index contributed by atoms with van der Waals surface area (Å²) in [5.74, 6) is 0.791. The zero-order valence-electron chi connectivity index (χ0n) is 12.5. The highest BCUT2D eigenvalue weighted by molar-refractivity contribution is 5.29. The first-order valence-electron chi connectivity index (χ1n) is 7.89. The van der Waals surface area contributed by atoms with E-state index in [4.69, 9.17) is 0 Å². The van der Waals surface area contributed by atoms with Crippen molar-refractivity contribution in [2.24, 2.45) is 5.92 Å². The van der Waals surface area contributed by atoms with Crippen molar-refractivity contribution in [3.05, 3.63) is 35.4 Å². The SMILES string of the molecule is CCC1CCCC(NCc2ccccc2C(F)(F)F)CC1. The van der Waals surface area contributed by atoms with Crippen LogP contribution in [-0.4, -0.2) is 6.04 Å². The highest BCUT2D eigenvalue weighted by Gasteiger charge is 2.32. The van der Waals surface area contributed by atoms with Crippen molar-refractivity contribution in [3.63, 3.8) is 0 Å². The molecule has 1 N–H and O–H groups in total. The zero-order valence-corrected chi connectivity index (χ0v) is 12.5. The summed E-state index contributed by atoms with van der Waals surface area (Å²) >= 11 is 0. The molecule has 0 amide bonds. The van der Waals surface area contributed by atoms with Gasteiger partial charge in [0.05, 0.1) is 5.56 Å². The third-order valence-corrected chi connectivity index (χ3v) is 4.57. The van der Waals surface area contributed by atoms with Crippen molar-refractivity contribution < 1.29 is 13.2 Å². The fraction of sp³-hybridized carbons (Fsp3) is 0.647. The molecule has 1 nitrogen and oxygen atoms in total. The second-order valence-electron chi connectivity index (χ2n) is 6.02. The van der Waals surface area contributed by atoms with E-state index in [-0.39, 0.29) is 0 Å². The quantitative estimate of drug-likeness (QED) is 0.758. The first kappa shape index (κ1) is 16.3. The summed E-state index contributed by atoms with van der Waals surface area (Å²) in [7, 11) is 0. The van der Waals surface area contributed by atoms with Gasteiger partial charge in [0.2, 0.25) is 0 Å². The van der Waals surface area contributed by atoms with Crippen LogP contribution < -0.4 is 5.32 Å². The average Bonchev–Trinajstić information content (AvgIpc) is 2.69. The third-order valence-electron chi connectivity index (χ3n) is 4.57. The standard InChI is InChI=1S/C17H24F3N/c1-2-13-6-5-8-15(11-10-13)21-12-14-7-3-4-9-16(14)17(18,19)20/h3-4,7,9,13,15,21H,2,5-6,8,10-12H2,1H3. The Hall–Kier alpha value is -1.03. The van der Waals surface area contributed by atoms with Crippen LogP contribution in [0.5, 0.6) is 0 Å². The molecule has 118 valence electrons. The maximum atomic E-state index is 12.9. The Labute approximate surface area is 124 Å². The molecule has 0 aromatic heterocycles. The summed E-state index contributed by atoms with van der Waals surface area (Å²) in [5.41, 5.74) is -0.168. The van der Waals surface area contributed by atoms with Crippen molar-refractivity contribution >= 4 is 0 Å². The van der Waals surface area contributed by atoms with E-state index in [9.17, 15) is 13.2 Å². The first-order chi connectivity index (χ1) is 10.0. The van der Waals surface area contributed by atoms with E-state index in [1.807, 2.05) is 0 Å². The van der Waals surface area contributed by atoms with Gasteiger partial charge in [-0.3, -0.25) is 0 Å². The molecule has 2 unspecified atom stereocenters. The predicted molar refractivity (Wildman–Crippen MR) is 78.9 cm³/mol. The fourth-order valence-corrected chi connectivity index (χ4v) is 3.20. The van der Waals surface area contributed by atoms with Crippen LogP contribution in [0.25, 0.3) is 0 Å². The number of benzene rings is 1. The van der Waals surface area contributed by atoms with Crippen LogP contribution in [0.4, 0.5) is 13.2 Å². The van der Waals surface area contributed by atoms with Crippen LogP contribution in [0.3, 0.4) is 0 Å². The summed E-state index contributed by atoms with van der Waals surface area (Å²) in [6.45, 7) is 2.52. The van der Waals surface area contributed by atoms with Gasteiger partial charge in [-0.15, -0.1) is 0 Å². The van der Waals surface area contributed by atoms with Gasteiger partial charge in [-0.25, -0.2) is 0 Å².